The second-order valence-corrected chi connectivity index (χ2v) is 5.60. The van der Waals surface area contributed by atoms with Gasteiger partial charge in [0.05, 0.1) is 11.8 Å². The fourth-order valence-corrected chi connectivity index (χ4v) is 2.62. The Bertz CT molecular complexity index is 539. The maximum Gasteiger partial charge on any atom is 0.307 e. The van der Waals surface area contributed by atoms with Crippen LogP contribution in [0.15, 0.2) is 36.4 Å². The molecule has 1 aromatic rings. The van der Waals surface area contributed by atoms with Gasteiger partial charge in [-0.3, -0.25) is 9.59 Å². The van der Waals surface area contributed by atoms with Gasteiger partial charge < -0.3 is 10.4 Å². The van der Waals surface area contributed by atoms with Gasteiger partial charge in [-0.2, -0.15) is 0 Å². The molecule has 0 saturated heterocycles. The Balaban J connectivity index is 1.85. The minimum absolute atomic E-state index is 0.180. The monoisotopic (exact) mass is 307 g/mol. The average Bonchev–Trinajstić information content (AvgIpc) is 2.49. The molecule has 0 unspecified atom stereocenters. The molecule has 21 heavy (non-hydrogen) atoms. The Morgan fingerprint density at radius 2 is 1.76 bits per heavy atom. The van der Waals surface area contributed by atoms with E-state index in [1.807, 2.05) is 36.4 Å². The molecule has 0 heterocycles. The fraction of sp³-hybridized carbons (Fsp3) is 0.375. The molecule has 0 radical (unpaired) electrons. The third kappa shape index (κ3) is 4.33. The largest absolute Gasteiger partial charge is 0.481 e. The van der Waals surface area contributed by atoms with Gasteiger partial charge in [0, 0.05) is 11.6 Å². The van der Waals surface area contributed by atoms with Crippen molar-refractivity contribution in [2.45, 2.75) is 19.3 Å². The molecule has 0 aromatic heterocycles. The summed E-state index contributed by atoms with van der Waals surface area (Å²) in [5.41, 5.74) is 1.08. The van der Waals surface area contributed by atoms with Crippen LogP contribution >= 0.6 is 11.6 Å². The molecule has 4 nitrogen and oxygen atoms in total. The lowest BCUT2D eigenvalue weighted by atomic mass is 9.82. The number of carboxylic acids is 1. The normalized spacial score (nSPS) is 21.0. The standard InChI is InChI=1S/C16H18ClNO3/c17-12-7-5-11(6-8-12)9-10-18-15(19)13-3-1-2-4-14(13)16(20)21/h1-2,5-8,13-14H,3-4,9-10H2,(H,18,19)(H,20,21)/t13-,14-/m1/s1. The number of carboxylic acid groups (broad SMARTS) is 1. The quantitative estimate of drug-likeness (QED) is 0.822. The molecular formula is C16H18ClNO3. The average molecular weight is 308 g/mol. The Morgan fingerprint density at radius 3 is 2.38 bits per heavy atom. The van der Waals surface area contributed by atoms with E-state index in [2.05, 4.69) is 5.32 Å². The van der Waals surface area contributed by atoms with Gasteiger partial charge in [-0.1, -0.05) is 35.9 Å². The van der Waals surface area contributed by atoms with Crippen molar-refractivity contribution in [1.29, 1.82) is 0 Å². The second kappa shape index (κ2) is 7.27. The van der Waals surface area contributed by atoms with E-state index in [0.29, 0.717) is 30.8 Å². The first-order valence-electron chi connectivity index (χ1n) is 6.98. The number of carbonyl (C=O) groups is 2. The summed E-state index contributed by atoms with van der Waals surface area (Å²) in [6.07, 6.45) is 5.32. The summed E-state index contributed by atoms with van der Waals surface area (Å²) in [5.74, 6) is -2.18. The zero-order valence-electron chi connectivity index (χ0n) is 11.6. The number of hydrogen-bond donors (Lipinski definition) is 2. The first kappa shape index (κ1) is 15.6. The molecule has 1 aliphatic rings. The number of carbonyl (C=O) groups excluding carboxylic acids is 1. The van der Waals surface area contributed by atoms with Crippen LogP contribution in [-0.2, 0) is 16.0 Å². The van der Waals surface area contributed by atoms with E-state index >= 15 is 0 Å². The summed E-state index contributed by atoms with van der Waals surface area (Å²) in [6, 6.07) is 7.45. The highest BCUT2D eigenvalue weighted by atomic mass is 35.5. The second-order valence-electron chi connectivity index (χ2n) is 5.16. The Morgan fingerprint density at radius 1 is 1.14 bits per heavy atom. The molecule has 1 aliphatic carbocycles. The van der Waals surface area contributed by atoms with Crippen LogP contribution in [0.1, 0.15) is 18.4 Å². The first-order valence-corrected chi connectivity index (χ1v) is 7.35. The molecule has 2 atom stereocenters. The van der Waals surface area contributed by atoms with Crippen molar-refractivity contribution in [3.8, 4) is 0 Å². The van der Waals surface area contributed by atoms with Crippen LogP contribution in [-0.4, -0.2) is 23.5 Å². The van der Waals surface area contributed by atoms with E-state index in [1.54, 1.807) is 0 Å². The van der Waals surface area contributed by atoms with Crippen LogP contribution < -0.4 is 5.32 Å². The van der Waals surface area contributed by atoms with Crippen LogP contribution in [0.5, 0.6) is 0 Å². The zero-order chi connectivity index (χ0) is 15.2. The van der Waals surface area contributed by atoms with Crippen molar-refractivity contribution >= 4 is 23.5 Å². The van der Waals surface area contributed by atoms with E-state index < -0.39 is 17.8 Å². The molecule has 112 valence electrons. The summed E-state index contributed by atoms with van der Waals surface area (Å²) in [6.45, 7) is 0.493. The third-order valence-corrected chi connectivity index (χ3v) is 3.96. The highest BCUT2D eigenvalue weighted by Crippen LogP contribution is 2.25. The molecule has 0 fully saturated rings. The van der Waals surface area contributed by atoms with Gasteiger partial charge in [0.2, 0.25) is 5.91 Å². The van der Waals surface area contributed by atoms with E-state index in [1.165, 1.54) is 0 Å². The van der Waals surface area contributed by atoms with Crippen molar-refractivity contribution in [2.24, 2.45) is 11.8 Å². The van der Waals surface area contributed by atoms with Crippen molar-refractivity contribution in [1.82, 2.24) is 5.32 Å². The van der Waals surface area contributed by atoms with E-state index in [9.17, 15) is 9.59 Å². The van der Waals surface area contributed by atoms with Crippen LogP contribution in [0, 0.1) is 11.8 Å². The summed E-state index contributed by atoms with van der Waals surface area (Å²) >= 11 is 5.81. The van der Waals surface area contributed by atoms with Gasteiger partial charge >= 0.3 is 5.97 Å². The zero-order valence-corrected chi connectivity index (χ0v) is 12.3. The first-order chi connectivity index (χ1) is 10.1. The topological polar surface area (TPSA) is 66.4 Å². The number of halogens is 1. The number of hydrogen-bond acceptors (Lipinski definition) is 2. The third-order valence-electron chi connectivity index (χ3n) is 3.71. The van der Waals surface area contributed by atoms with Gasteiger partial charge in [0.1, 0.15) is 0 Å². The van der Waals surface area contributed by atoms with Crippen LogP contribution in [0.2, 0.25) is 5.02 Å². The van der Waals surface area contributed by atoms with Crippen LogP contribution in [0.25, 0.3) is 0 Å². The number of rotatable bonds is 5. The molecule has 0 bridgehead atoms. The van der Waals surface area contributed by atoms with Gasteiger partial charge in [-0.25, -0.2) is 0 Å². The van der Waals surface area contributed by atoms with Crippen molar-refractivity contribution in [3.63, 3.8) is 0 Å². The lowest BCUT2D eigenvalue weighted by molar-refractivity contribution is -0.147. The molecule has 2 rings (SSSR count). The maximum absolute atomic E-state index is 12.1. The van der Waals surface area contributed by atoms with Gasteiger partial charge in [0.25, 0.3) is 0 Å². The predicted molar refractivity (Wildman–Crippen MR) is 81.2 cm³/mol. The SMILES string of the molecule is O=C(O)[C@@H]1CC=CC[C@H]1C(=O)NCCc1ccc(Cl)cc1. The van der Waals surface area contributed by atoms with Gasteiger partial charge in [-0.15, -0.1) is 0 Å². The number of aliphatic carboxylic acids is 1. The Kier molecular flexibility index (Phi) is 5.39. The maximum atomic E-state index is 12.1. The molecule has 0 saturated carbocycles. The van der Waals surface area contributed by atoms with E-state index in [0.717, 1.165) is 5.56 Å². The van der Waals surface area contributed by atoms with Crippen molar-refractivity contribution in [2.75, 3.05) is 6.54 Å². The minimum Gasteiger partial charge on any atom is -0.481 e. The highest BCUT2D eigenvalue weighted by Gasteiger charge is 2.33. The van der Waals surface area contributed by atoms with E-state index in [4.69, 9.17) is 16.7 Å². The Labute approximate surface area is 128 Å². The van der Waals surface area contributed by atoms with Crippen LogP contribution in [0.3, 0.4) is 0 Å². The minimum atomic E-state index is -0.905. The smallest absolute Gasteiger partial charge is 0.307 e. The molecule has 1 aromatic carbocycles. The van der Waals surface area contributed by atoms with Gasteiger partial charge in [-0.05, 0) is 37.0 Å². The summed E-state index contributed by atoms with van der Waals surface area (Å²) in [5, 5.41) is 12.7. The van der Waals surface area contributed by atoms with Crippen LogP contribution in [0.4, 0.5) is 0 Å². The summed E-state index contributed by atoms with van der Waals surface area (Å²) < 4.78 is 0. The molecule has 5 heteroatoms. The number of benzene rings is 1. The number of allylic oxidation sites excluding steroid dienone is 2. The highest BCUT2D eigenvalue weighted by molar-refractivity contribution is 6.30. The van der Waals surface area contributed by atoms with Gasteiger partial charge in [0.15, 0.2) is 0 Å². The summed E-state index contributed by atoms with van der Waals surface area (Å²) in [4.78, 5) is 23.3. The van der Waals surface area contributed by atoms with E-state index in [-0.39, 0.29) is 5.91 Å². The molecule has 0 aliphatic heterocycles. The van der Waals surface area contributed by atoms with Crippen molar-refractivity contribution < 1.29 is 14.7 Å². The van der Waals surface area contributed by atoms with Crippen molar-refractivity contribution in [3.05, 3.63) is 47.0 Å². The number of nitrogens with one attached hydrogen (secondary N) is 1. The molecule has 0 spiro atoms. The lowest BCUT2D eigenvalue weighted by Gasteiger charge is -2.24. The fourth-order valence-electron chi connectivity index (χ4n) is 2.49. The molecule has 1 amide bonds. The Hall–Kier alpha value is -1.81. The molecule has 2 N–H and O–H groups in total. The number of amides is 1. The summed E-state index contributed by atoms with van der Waals surface area (Å²) in [7, 11) is 0. The molecular weight excluding hydrogens is 290 g/mol. The predicted octanol–water partition coefficient (Wildman–Crippen LogP) is 2.67. The lowest BCUT2D eigenvalue weighted by Crippen LogP contribution is -2.39.